The van der Waals surface area contributed by atoms with Crippen LogP contribution in [0.4, 0.5) is 5.69 Å². The number of ether oxygens (including phenoxy) is 2. The molecule has 0 unspecified atom stereocenters. The van der Waals surface area contributed by atoms with Crippen molar-refractivity contribution in [3.63, 3.8) is 0 Å². The second-order valence-corrected chi connectivity index (χ2v) is 9.10. The number of nitrogens with zero attached hydrogens (tertiary/aromatic N) is 2. The van der Waals surface area contributed by atoms with Gasteiger partial charge in [0.25, 0.3) is 0 Å². The van der Waals surface area contributed by atoms with E-state index in [1.807, 2.05) is 30.5 Å². The zero-order valence-electron chi connectivity index (χ0n) is 16.0. The van der Waals surface area contributed by atoms with Gasteiger partial charge in [0.2, 0.25) is 0 Å². The Labute approximate surface area is 164 Å². The van der Waals surface area contributed by atoms with E-state index < -0.39 is 0 Å². The van der Waals surface area contributed by atoms with Gasteiger partial charge in [0.1, 0.15) is 0 Å². The molecule has 2 aromatic rings. The van der Waals surface area contributed by atoms with Gasteiger partial charge >= 0.3 is 0 Å². The second-order valence-electron chi connectivity index (χ2n) is 7.26. The molecule has 27 heavy (non-hydrogen) atoms. The number of anilines is 1. The Hall–Kier alpha value is -2.41. The van der Waals surface area contributed by atoms with Crippen molar-refractivity contribution in [1.29, 1.82) is 0 Å². The molecule has 0 amide bonds. The summed E-state index contributed by atoms with van der Waals surface area (Å²) in [4.78, 5) is 8.84. The molecule has 3 N–H and O–H groups in total. The summed E-state index contributed by atoms with van der Waals surface area (Å²) in [5.74, 6) is 1.84. The first kappa shape index (κ1) is 19.4. The van der Waals surface area contributed by atoms with Crippen LogP contribution in [-0.2, 0) is 6.54 Å². The fourth-order valence-electron chi connectivity index (χ4n) is 2.52. The minimum atomic E-state index is 0.118. The Bertz CT molecular complexity index is 818. The van der Waals surface area contributed by atoms with Gasteiger partial charge in [-0.1, -0.05) is 20.8 Å². The van der Waals surface area contributed by atoms with E-state index in [4.69, 9.17) is 15.2 Å². The third kappa shape index (κ3) is 6.06. The summed E-state index contributed by atoms with van der Waals surface area (Å²) in [5.41, 5.74) is 7.93. The van der Waals surface area contributed by atoms with E-state index in [1.54, 1.807) is 11.8 Å². The van der Waals surface area contributed by atoms with E-state index in [2.05, 4.69) is 42.1 Å². The molecule has 144 valence electrons. The van der Waals surface area contributed by atoms with Crippen molar-refractivity contribution in [3.05, 3.63) is 42.1 Å². The van der Waals surface area contributed by atoms with E-state index >= 15 is 0 Å². The standard InChI is InChI=1S/C20H26N4O2S/c1-20(2,3)27-18-11-14(7-8-22-18)13-23-19(21)24-15-5-6-16-17(12-15)26-10-4-9-25-16/h5-8,11-12H,4,9-10,13H2,1-3H3,(H3,21,23,24). The lowest BCUT2D eigenvalue weighted by Crippen LogP contribution is -2.22. The number of aliphatic imine (C=N–C) groups is 1. The van der Waals surface area contributed by atoms with Crippen LogP contribution in [0.5, 0.6) is 11.5 Å². The zero-order chi connectivity index (χ0) is 19.3. The average Bonchev–Trinajstić information content (AvgIpc) is 2.84. The lowest BCUT2D eigenvalue weighted by atomic mass is 10.2. The topological polar surface area (TPSA) is 81.8 Å². The van der Waals surface area contributed by atoms with Crippen molar-refractivity contribution in [2.75, 3.05) is 18.5 Å². The van der Waals surface area contributed by atoms with Crippen LogP contribution in [0.2, 0.25) is 0 Å². The maximum Gasteiger partial charge on any atom is 0.193 e. The highest BCUT2D eigenvalue weighted by Crippen LogP contribution is 2.32. The van der Waals surface area contributed by atoms with Crippen molar-refractivity contribution in [2.24, 2.45) is 10.7 Å². The average molecular weight is 387 g/mol. The SMILES string of the molecule is CC(C)(C)Sc1cc(CN=C(N)Nc2ccc3c(c2)OCCCO3)ccn1. The lowest BCUT2D eigenvalue weighted by molar-refractivity contribution is 0.297. The Morgan fingerprint density at radius 2 is 1.96 bits per heavy atom. The van der Waals surface area contributed by atoms with Gasteiger partial charge in [-0.2, -0.15) is 0 Å². The molecule has 3 rings (SSSR count). The van der Waals surface area contributed by atoms with Crippen molar-refractivity contribution >= 4 is 23.4 Å². The number of nitrogens with one attached hydrogen (secondary N) is 1. The third-order valence-electron chi connectivity index (χ3n) is 3.66. The van der Waals surface area contributed by atoms with E-state index in [0.717, 1.165) is 34.2 Å². The number of guanidine groups is 1. The molecule has 0 spiro atoms. The third-order valence-corrected chi connectivity index (χ3v) is 4.71. The fourth-order valence-corrected chi connectivity index (χ4v) is 3.47. The molecular weight excluding hydrogens is 360 g/mol. The van der Waals surface area contributed by atoms with Gasteiger partial charge in [-0.05, 0) is 29.8 Å². The van der Waals surface area contributed by atoms with Crippen LogP contribution >= 0.6 is 11.8 Å². The lowest BCUT2D eigenvalue weighted by Gasteiger charge is -2.16. The minimum absolute atomic E-state index is 0.118. The van der Waals surface area contributed by atoms with Gasteiger partial charge in [0.05, 0.1) is 24.8 Å². The van der Waals surface area contributed by atoms with Gasteiger partial charge in [-0.25, -0.2) is 9.98 Å². The molecule has 0 fully saturated rings. The van der Waals surface area contributed by atoms with Crippen LogP contribution in [-0.4, -0.2) is 28.9 Å². The van der Waals surface area contributed by atoms with E-state index in [0.29, 0.717) is 25.7 Å². The first-order chi connectivity index (χ1) is 12.9. The summed E-state index contributed by atoms with van der Waals surface area (Å²) < 4.78 is 11.5. The number of pyridine rings is 1. The Morgan fingerprint density at radius 3 is 2.74 bits per heavy atom. The highest BCUT2D eigenvalue weighted by Gasteiger charge is 2.13. The second kappa shape index (κ2) is 8.52. The number of rotatable bonds is 4. The predicted octanol–water partition coefficient (Wildman–Crippen LogP) is 4.06. The number of aromatic nitrogens is 1. The van der Waals surface area contributed by atoms with Gasteiger partial charge in [0.15, 0.2) is 17.5 Å². The normalized spacial score (nSPS) is 14.6. The Morgan fingerprint density at radius 1 is 1.19 bits per heavy atom. The predicted molar refractivity (Wildman–Crippen MR) is 111 cm³/mol. The van der Waals surface area contributed by atoms with Crippen LogP contribution in [0.3, 0.4) is 0 Å². The molecule has 0 saturated carbocycles. The monoisotopic (exact) mass is 386 g/mol. The van der Waals surface area contributed by atoms with Crippen molar-refractivity contribution in [1.82, 2.24) is 4.98 Å². The van der Waals surface area contributed by atoms with E-state index in [9.17, 15) is 0 Å². The van der Waals surface area contributed by atoms with E-state index in [1.165, 1.54) is 0 Å². The van der Waals surface area contributed by atoms with Crippen molar-refractivity contribution in [3.8, 4) is 11.5 Å². The molecule has 0 radical (unpaired) electrons. The van der Waals surface area contributed by atoms with Crippen LogP contribution in [0.25, 0.3) is 0 Å². The molecular formula is C20H26N4O2S. The van der Waals surface area contributed by atoms with Crippen molar-refractivity contribution in [2.45, 2.75) is 43.5 Å². The summed E-state index contributed by atoms with van der Waals surface area (Å²) in [5, 5.41) is 4.10. The van der Waals surface area contributed by atoms with Crippen LogP contribution in [0.1, 0.15) is 32.8 Å². The molecule has 1 aliphatic rings. The molecule has 1 aromatic carbocycles. The van der Waals surface area contributed by atoms with Gasteiger partial charge in [-0.3, -0.25) is 0 Å². The highest BCUT2D eigenvalue weighted by molar-refractivity contribution is 8.00. The molecule has 0 aliphatic carbocycles. The first-order valence-corrected chi connectivity index (χ1v) is 9.81. The molecule has 1 aliphatic heterocycles. The maximum atomic E-state index is 6.05. The number of hydrogen-bond donors (Lipinski definition) is 2. The number of nitrogens with two attached hydrogens (primary N) is 1. The molecule has 0 bridgehead atoms. The highest BCUT2D eigenvalue weighted by atomic mass is 32.2. The summed E-state index contributed by atoms with van der Waals surface area (Å²) >= 11 is 1.73. The first-order valence-electron chi connectivity index (χ1n) is 9.00. The molecule has 1 aromatic heterocycles. The summed E-state index contributed by atoms with van der Waals surface area (Å²) in [6.07, 6.45) is 2.69. The number of benzene rings is 1. The number of thioether (sulfide) groups is 1. The van der Waals surface area contributed by atoms with Crippen molar-refractivity contribution < 1.29 is 9.47 Å². The Balaban J connectivity index is 1.63. The summed E-state index contributed by atoms with van der Waals surface area (Å²) in [7, 11) is 0. The number of hydrogen-bond acceptors (Lipinski definition) is 5. The molecule has 0 saturated heterocycles. The van der Waals surface area contributed by atoms with Crippen LogP contribution in [0.15, 0.2) is 46.5 Å². The Kier molecular flexibility index (Phi) is 6.11. The summed E-state index contributed by atoms with van der Waals surface area (Å²) in [6, 6.07) is 9.68. The number of fused-ring (bicyclic) bond motifs is 1. The van der Waals surface area contributed by atoms with Crippen LogP contribution in [0, 0.1) is 0 Å². The molecule has 6 nitrogen and oxygen atoms in total. The summed E-state index contributed by atoms with van der Waals surface area (Å²) in [6.45, 7) is 8.32. The minimum Gasteiger partial charge on any atom is -0.490 e. The van der Waals surface area contributed by atoms with Gasteiger partial charge in [-0.15, -0.1) is 11.8 Å². The maximum absolute atomic E-state index is 6.05. The smallest absolute Gasteiger partial charge is 0.193 e. The molecule has 0 atom stereocenters. The van der Waals surface area contributed by atoms with Gasteiger partial charge in [0, 0.05) is 29.1 Å². The van der Waals surface area contributed by atoms with E-state index in [-0.39, 0.29) is 4.75 Å². The van der Waals surface area contributed by atoms with Crippen LogP contribution < -0.4 is 20.5 Å². The fraction of sp³-hybridized carbons (Fsp3) is 0.400. The quantitative estimate of drug-likeness (QED) is 0.468. The molecule has 2 heterocycles. The largest absolute Gasteiger partial charge is 0.490 e. The zero-order valence-corrected chi connectivity index (χ0v) is 16.8. The molecule has 7 heteroatoms. The van der Waals surface area contributed by atoms with Gasteiger partial charge < -0.3 is 20.5 Å².